The van der Waals surface area contributed by atoms with E-state index in [1.807, 2.05) is 12.1 Å². The maximum Gasteiger partial charge on any atom is 0.267 e. The first kappa shape index (κ1) is 19.2. The summed E-state index contributed by atoms with van der Waals surface area (Å²) in [7, 11) is 1.76. The van der Waals surface area contributed by atoms with Crippen molar-refractivity contribution in [2.45, 2.75) is 19.3 Å². The molecule has 2 aliphatic rings. The number of halogens is 1. The van der Waals surface area contributed by atoms with E-state index < -0.39 is 0 Å². The molecule has 5 rings (SSSR count). The molecule has 0 aliphatic carbocycles. The highest BCUT2D eigenvalue weighted by atomic mass is 35.5. The zero-order chi connectivity index (χ0) is 20.7. The van der Waals surface area contributed by atoms with Crippen molar-refractivity contribution in [2.75, 3.05) is 31.2 Å². The Balaban J connectivity index is 1.45. The first-order valence-electron chi connectivity index (χ1n) is 10.1. The minimum absolute atomic E-state index is 0.145. The molecule has 0 radical (unpaired) electrons. The van der Waals surface area contributed by atoms with Crippen molar-refractivity contribution in [3.8, 4) is 11.8 Å². The number of benzene rings is 1. The maximum absolute atomic E-state index is 13.1. The molecule has 1 N–H and O–H groups in total. The van der Waals surface area contributed by atoms with E-state index in [4.69, 9.17) is 21.3 Å². The van der Waals surface area contributed by atoms with E-state index in [-0.39, 0.29) is 5.56 Å². The van der Waals surface area contributed by atoms with Gasteiger partial charge in [-0.1, -0.05) is 17.5 Å². The van der Waals surface area contributed by atoms with Crippen LogP contribution in [0.5, 0.6) is 0 Å². The molecule has 2 fully saturated rings. The van der Waals surface area contributed by atoms with Crippen LogP contribution in [-0.4, -0.2) is 46.1 Å². The third kappa shape index (κ3) is 3.36. The lowest BCUT2D eigenvalue weighted by Crippen LogP contribution is -2.43. The zero-order valence-electron chi connectivity index (χ0n) is 16.7. The summed E-state index contributed by atoms with van der Waals surface area (Å²) in [4.78, 5) is 20.0. The van der Waals surface area contributed by atoms with Gasteiger partial charge in [-0.15, -0.1) is 0 Å². The molecule has 2 aromatic heterocycles. The number of rotatable bonds is 1. The average molecular weight is 424 g/mol. The van der Waals surface area contributed by atoms with Crippen molar-refractivity contribution in [2.24, 2.45) is 12.5 Å². The van der Waals surface area contributed by atoms with Crippen LogP contribution < -0.4 is 10.5 Å². The van der Waals surface area contributed by atoms with Crippen LogP contribution in [0.1, 0.15) is 30.5 Å². The molecule has 0 atom stereocenters. The fourth-order valence-corrected chi connectivity index (χ4v) is 4.44. The second-order valence-corrected chi connectivity index (χ2v) is 8.55. The van der Waals surface area contributed by atoms with Gasteiger partial charge in [0.1, 0.15) is 5.39 Å². The molecule has 2 saturated heterocycles. The Labute approximate surface area is 179 Å². The van der Waals surface area contributed by atoms with E-state index in [2.05, 4.69) is 26.9 Å². The summed E-state index contributed by atoms with van der Waals surface area (Å²) in [5.41, 5.74) is 1.83. The predicted octanol–water partition coefficient (Wildman–Crippen LogP) is 2.72. The second kappa shape index (κ2) is 7.46. The highest BCUT2D eigenvalue weighted by Gasteiger charge is 2.38. The fourth-order valence-electron chi connectivity index (χ4n) is 4.31. The van der Waals surface area contributed by atoms with Crippen molar-refractivity contribution in [1.82, 2.24) is 19.7 Å². The number of piperidine rings is 1. The van der Waals surface area contributed by atoms with Crippen molar-refractivity contribution in [3.05, 3.63) is 50.9 Å². The van der Waals surface area contributed by atoms with Gasteiger partial charge in [0.15, 0.2) is 11.3 Å². The molecule has 2 aliphatic heterocycles. The van der Waals surface area contributed by atoms with E-state index in [9.17, 15) is 4.79 Å². The number of nitrogens with one attached hydrogen (secondary N) is 1. The van der Waals surface area contributed by atoms with E-state index in [1.165, 1.54) is 0 Å². The maximum atomic E-state index is 13.1. The smallest absolute Gasteiger partial charge is 0.267 e. The first-order valence-corrected chi connectivity index (χ1v) is 10.5. The molecule has 154 valence electrons. The largest absolute Gasteiger partial charge is 0.381 e. The molecule has 7 nitrogen and oxygen atoms in total. The minimum atomic E-state index is -0.145. The molecule has 4 heterocycles. The number of H-pyrrole nitrogens is 1. The number of aromatic nitrogens is 4. The quantitative estimate of drug-likeness (QED) is 0.609. The number of hydrogen-bond acceptors (Lipinski definition) is 5. The monoisotopic (exact) mass is 423 g/mol. The summed E-state index contributed by atoms with van der Waals surface area (Å²) in [5.74, 6) is 6.69. The van der Waals surface area contributed by atoms with Gasteiger partial charge in [0.2, 0.25) is 5.95 Å². The summed E-state index contributed by atoms with van der Waals surface area (Å²) in [5, 5.41) is 8.19. The molecule has 3 aromatic rings. The molecule has 1 aromatic carbocycles. The van der Waals surface area contributed by atoms with Crippen LogP contribution in [0, 0.1) is 17.3 Å². The number of aromatic amines is 1. The molecule has 8 heteroatoms. The van der Waals surface area contributed by atoms with Crippen LogP contribution in [0.25, 0.3) is 11.0 Å². The molecule has 0 unspecified atom stereocenters. The molecular formula is C22H22ClN5O2. The second-order valence-electron chi connectivity index (χ2n) is 8.12. The van der Waals surface area contributed by atoms with Gasteiger partial charge < -0.3 is 9.64 Å². The van der Waals surface area contributed by atoms with E-state index in [1.54, 1.807) is 23.7 Å². The summed E-state index contributed by atoms with van der Waals surface area (Å²) >= 11 is 5.91. The van der Waals surface area contributed by atoms with Crippen LogP contribution in [0.2, 0.25) is 5.02 Å². The summed E-state index contributed by atoms with van der Waals surface area (Å²) < 4.78 is 7.23. The van der Waals surface area contributed by atoms with Gasteiger partial charge >= 0.3 is 0 Å². The minimum Gasteiger partial charge on any atom is -0.381 e. The third-order valence-electron chi connectivity index (χ3n) is 6.24. The van der Waals surface area contributed by atoms with Gasteiger partial charge in [-0.05, 0) is 54.9 Å². The van der Waals surface area contributed by atoms with Gasteiger partial charge in [0.05, 0.1) is 6.61 Å². The molecule has 0 bridgehead atoms. The van der Waals surface area contributed by atoms with Gasteiger partial charge in [0, 0.05) is 37.3 Å². The lowest BCUT2D eigenvalue weighted by atomic mass is 9.78. The fraction of sp³-hybridized carbons (Fsp3) is 0.409. The highest BCUT2D eigenvalue weighted by Crippen LogP contribution is 2.39. The molecular weight excluding hydrogens is 402 g/mol. The van der Waals surface area contributed by atoms with Crippen molar-refractivity contribution in [3.63, 3.8) is 0 Å². The molecule has 30 heavy (non-hydrogen) atoms. The van der Waals surface area contributed by atoms with Crippen molar-refractivity contribution in [1.29, 1.82) is 0 Å². The standard InChI is InChI=1S/C22H22ClN5O2/c1-27-20(29)18-17(7-4-15-2-5-16(23)6-3-15)25-26-19(18)24-21(27)28-11-8-22(9-12-28)10-13-30-14-22/h2-3,5-6H,8-14H2,1H3,(H,25,26). The van der Waals surface area contributed by atoms with Gasteiger partial charge in [-0.25, -0.2) is 0 Å². The Morgan fingerprint density at radius 2 is 1.93 bits per heavy atom. The topological polar surface area (TPSA) is 76.0 Å². The molecule has 0 saturated carbocycles. The lowest BCUT2D eigenvalue weighted by Gasteiger charge is -2.39. The Kier molecular flexibility index (Phi) is 4.76. The van der Waals surface area contributed by atoms with Gasteiger partial charge in [0.25, 0.3) is 5.56 Å². The van der Waals surface area contributed by atoms with Crippen LogP contribution >= 0.6 is 11.6 Å². The van der Waals surface area contributed by atoms with Crippen LogP contribution in [0.4, 0.5) is 5.95 Å². The number of nitrogens with zero attached hydrogens (tertiary/aromatic N) is 4. The number of anilines is 1. The van der Waals surface area contributed by atoms with Crippen molar-refractivity contribution >= 4 is 28.6 Å². The van der Waals surface area contributed by atoms with Crippen LogP contribution in [0.15, 0.2) is 29.1 Å². The normalized spacial score (nSPS) is 18.0. The predicted molar refractivity (Wildman–Crippen MR) is 116 cm³/mol. The van der Waals surface area contributed by atoms with E-state index in [0.29, 0.717) is 33.1 Å². The third-order valence-corrected chi connectivity index (χ3v) is 6.49. The first-order chi connectivity index (χ1) is 14.5. The average Bonchev–Trinajstić information content (AvgIpc) is 3.38. The molecule has 1 spiro atoms. The summed E-state index contributed by atoms with van der Waals surface area (Å²) in [6, 6.07) is 7.22. The SMILES string of the molecule is Cn1c(N2CCC3(CCOC3)CC2)nc2[nH]nc(C#Cc3ccc(Cl)cc3)c2c1=O. The van der Waals surface area contributed by atoms with E-state index >= 15 is 0 Å². The highest BCUT2D eigenvalue weighted by molar-refractivity contribution is 6.30. The number of hydrogen-bond donors (Lipinski definition) is 1. The summed E-state index contributed by atoms with van der Waals surface area (Å²) in [6.07, 6.45) is 3.24. The van der Waals surface area contributed by atoms with Gasteiger partial charge in [-0.3, -0.25) is 14.5 Å². The number of ether oxygens (including phenoxy) is 1. The summed E-state index contributed by atoms with van der Waals surface area (Å²) in [6.45, 7) is 3.44. The van der Waals surface area contributed by atoms with Crippen LogP contribution in [-0.2, 0) is 11.8 Å². The number of fused-ring (bicyclic) bond motifs is 1. The zero-order valence-corrected chi connectivity index (χ0v) is 17.5. The Morgan fingerprint density at radius 1 is 1.17 bits per heavy atom. The van der Waals surface area contributed by atoms with Crippen molar-refractivity contribution < 1.29 is 4.74 Å². The Hall–Kier alpha value is -2.82. The lowest BCUT2D eigenvalue weighted by molar-refractivity contribution is 0.133. The van der Waals surface area contributed by atoms with Gasteiger partial charge in [-0.2, -0.15) is 10.1 Å². The Bertz CT molecular complexity index is 1200. The Morgan fingerprint density at radius 3 is 2.63 bits per heavy atom. The van der Waals surface area contributed by atoms with E-state index in [0.717, 1.165) is 51.1 Å². The molecule has 0 amide bonds. The van der Waals surface area contributed by atoms with Crippen LogP contribution in [0.3, 0.4) is 0 Å².